The maximum atomic E-state index is 13.9. The van der Waals surface area contributed by atoms with E-state index in [-0.39, 0.29) is 11.6 Å². The van der Waals surface area contributed by atoms with Crippen LogP contribution in [0.2, 0.25) is 0 Å². The summed E-state index contributed by atoms with van der Waals surface area (Å²) in [6, 6.07) is 6.20. The van der Waals surface area contributed by atoms with Gasteiger partial charge in [0.05, 0.1) is 10.6 Å². The molecule has 1 fully saturated rings. The second kappa shape index (κ2) is 8.42. The minimum atomic E-state index is -4.53. The predicted molar refractivity (Wildman–Crippen MR) is 131 cm³/mol. The molecule has 2 N–H and O–H groups in total. The summed E-state index contributed by atoms with van der Waals surface area (Å²) in [5.41, 5.74) is 3.81. The van der Waals surface area contributed by atoms with Crippen molar-refractivity contribution in [2.45, 2.75) is 49.3 Å². The molecule has 4 heterocycles. The normalized spacial score (nSPS) is 18.2. The fourth-order valence-electron chi connectivity index (χ4n) is 4.62. The standard InChI is InChI=1S/C24H24F3N5S2/c1-32-11-14-7-16(13-3-4-13)18(8-15(14)12-32)30-23-29-10-17(24(25,26)27)21(31-23)19-9-20-22(34-19)28-5-2-6-33-20/h7-10,13,28H,2-6,11-12H2,1H3,(H,29,30,31). The Morgan fingerprint density at radius 2 is 1.94 bits per heavy atom. The summed E-state index contributed by atoms with van der Waals surface area (Å²) in [6.07, 6.45) is -0.334. The highest BCUT2D eigenvalue weighted by Gasteiger charge is 2.36. The van der Waals surface area contributed by atoms with Gasteiger partial charge in [-0.05, 0) is 66.8 Å². The molecule has 5 nitrogen and oxygen atoms in total. The summed E-state index contributed by atoms with van der Waals surface area (Å²) in [5, 5.41) is 7.52. The minimum Gasteiger partial charge on any atom is -0.376 e. The average molecular weight is 504 g/mol. The number of nitrogens with one attached hydrogen (secondary N) is 2. The maximum Gasteiger partial charge on any atom is 0.420 e. The first kappa shape index (κ1) is 22.2. The van der Waals surface area contributed by atoms with Crippen molar-refractivity contribution in [2.24, 2.45) is 0 Å². The van der Waals surface area contributed by atoms with Crippen molar-refractivity contribution >= 4 is 39.7 Å². The van der Waals surface area contributed by atoms with Gasteiger partial charge in [-0.1, -0.05) is 6.07 Å². The van der Waals surface area contributed by atoms with Gasteiger partial charge in [-0.3, -0.25) is 4.90 Å². The summed E-state index contributed by atoms with van der Waals surface area (Å²) in [7, 11) is 2.09. The second-order valence-corrected chi connectivity index (χ2v) is 11.4. The molecular formula is C24H24F3N5S2. The topological polar surface area (TPSA) is 53.1 Å². The van der Waals surface area contributed by atoms with E-state index >= 15 is 0 Å². The third kappa shape index (κ3) is 4.27. The summed E-state index contributed by atoms with van der Waals surface area (Å²) in [6.45, 7) is 2.60. The molecule has 0 spiro atoms. The van der Waals surface area contributed by atoms with Crippen molar-refractivity contribution in [2.75, 3.05) is 30.0 Å². The van der Waals surface area contributed by atoms with Gasteiger partial charge >= 0.3 is 6.18 Å². The zero-order valence-electron chi connectivity index (χ0n) is 18.6. The molecule has 2 aromatic heterocycles. The van der Waals surface area contributed by atoms with Crippen molar-refractivity contribution in [1.82, 2.24) is 14.9 Å². The molecule has 0 amide bonds. The van der Waals surface area contributed by atoms with Crippen molar-refractivity contribution in [3.05, 3.63) is 46.6 Å². The lowest BCUT2D eigenvalue weighted by Gasteiger charge is -2.15. The molecule has 10 heteroatoms. The highest BCUT2D eigenvalue weighted by atomic mass is 32.2. The van der Waals surface area contributed by atoms with Crippen LogP contribution in [0.1, 0.15) is 47.4 Å². The maximum absolute atomic E-state index is 13.9. The molecule has 0 bridgehead atoms. The molecule has 3 aliphatic rings. The number of hydrogen-bond donors (Lipinski definition) is 2. The van der Waals surface area contributed by atoms with Crippen LogP contribution in [0.15, 0.2) is 29.3 Å². The summed E-state index contributed by atoms with van der Waals surface area (Å²) in [5.74, 6) is 1.63. The molecule has 0 unspecified atom stereocenters. The Morgan fingerprint density at radius 1 is 1.15 bits per heavy atom. The number of thiophene rings is 1. The monoisotopic (exact) mass is 503 g/mol. The first-order valence-electron chi connectivity index (χ1n) is 11.4. The molecule has 34 heavy (non-hydrogen) atoms. The molecule has 1 aliphatic carbocycles. The Labute approximate surface area is 204 Å². The highest BCUT2D eigenvalue weighted by Crippen LogP contribution is 2.47. The number of alkyl halides is 3. The van der Waals surface area contributed by atoms with E-state index in [1.165, 1.54) is 28.0 Å². The molecule has 3 aromatic rings. The summed E-state index contributed by atoms with van der Waals surface area (Å²) in [4.78, 5) is 12.2. The number of rotatable bonds is 4. The first-order chi connectivity index (χ1) is 16.3. The van der Waals surface area contributed by atoms with Crippen LogP contribution in [0.5, 0.6) is 0 Å². The largest absolute Gasteiger partial charge is 0.420 e. The van der Waals surface area contributed by atoms with Gasteiger partial charge < -0.3 is 10.6 Å². The van der Waals surface area contributed by atoms with Gasteiger partial charge in [0.25, 0.3) is 0 Å². The van der Waals surface area contributed by atoms with Crippen molar-refractivity contribution in [3.8, 4) is 10.6 Å². The zero-order valence-corrected chi connectivity index (χ0v) is 20.3. The first-order valence-corrected chi connectivity index (χ1v) is 13.2. The van der Waals surface area contributed by atoms with Crippen LogP contribution < -0.4 is 10.6 Å². The van der Waals surface area contributed by atoms with E-state index in [1.54, 1.807) is 11.8 Å². The van der Waals surface area contributed by atoms with E-state index < -0.39 is 11.7 Å². The molecule has 6 rings (SSSR count). The van der Waals surface area contributed by atoms with Gasteiger partial charge in [0.15, 0.2) is 0 Å². The van der Waals surface area contributed by atoms with Gasteiger partial charge in [-0.25, -0.2) is 9.97 Å². The number of anilines is 3. The zero-order chi connectivity index (χ0) is 23.4. The molecule has 1 aromatic carbocycles. The number of thioether (sulfide) groups is 1. The van der Waals surface area contributed by atoms with E-state index in [0.717, 1.165) is 66.4 Å². The van der Waals surface area contributed by atoms with Gasteiger partial charge in [-0.15, -0.1) is 23.1 Å². The smallest absolute Gasteiger partial charge is 0.376 e. The average Bonchev–Trinajstić information content (AvgIpc) is 3.51. The van der Waals surface area contributed by atoms with Gasteiger partial charge in [0.1, 0.15) is 10.6 Å². The lowest BCUT2D eigenvalue weighted by molar-refractivity contribution is -0.137. The van der Waals surface area contributed by atoms with E-state index in [4.69, 9.17) is 0 Å². The highest BCUT2D eigenvalue weighted by molar-refractivity contribution is 7.99. The van der Waals surface area contributed by atoms with Crippen LogP contribution in [0.4, 0.5) is 29.8 Å². The van der Waals surface area contributed by atoms with Crippen LogP contribution in [-0.2, 0) is 19.3 Å². The van der Waals surface area contributed by atoms with Crippen LogP contribution in [0.3, 0.4) is 0 Å². The Balaban J connectivity index is 1.39. The molecule has 178 valence electrons. The number of fused-ring (bicyclic) bond motifs is 2. The van der Waals surface area contributed by atoms with E-state index in [2.05, 4.69) is 44.7 Å². The van der Waals surface area contributed by atoms with E-state index in [0.29, 0.717) is 10.8 Å². The fraction of sp³-hybridized carbons (Fsp3) is 0.417. The number of hydrogen-bond acceptors (Lipinski definition) is 7. The van der Waals surface area contributed by atoms with Crippen molar-refractivity contribution in [3.63, 3.8) is 0 Å². The third-order valence-corrected chi connectivity index (χ3v) is 8.76. The van der Waals surface area contributed by atoms with Crippen LogP contribution in [0, 0.1) is 0 Å². The molecule has 0 atom stereocenters. The summed E-state index contributed by atoms with van der Waals surface area (Å²) < 4.78 is 41.7. The predicted octanol–water partition coefficient (Wildman–Crippen LogP) is 6.70. The third-order valence-electron chi connectivity index (χ3n) is 6.41. The van der Waals surface area contributed by atoms with Gasteiger partial charge in [0, 0.05) is 36.4 Å². The number of nitrogens with zero attached hydrogens (tertiary/aromatic N) is 3. The summed E-state index contributed by atoms with van der Waals surface area (Å²) >= 11 is 3.00. The number of benzene rings is 1. The quantitative estimate of drug-likeness (QED) is 0.413. The Kier molecular flexibility index (Phi) is 5.50. The molecule has 2 aliphatic heterocycles. The Hall–Kier alpha value is -2.30. The molecular weight excluding hydrogens is 479 g/mol. The van der Waals surface area contributed by atoms with E-state index in [9.17, 15) is 13.2 Å². The minimum absolute atomic E-state index is 0.0701. The lowest BCUT2D eigenvalue weighted by Crippen LogP contribution is -2.11. The second-order valence-electron chi connectivity index (χ2n) is 9.17. The van der Waals surface area contributed by atoms with Crippen LogP contribution in [0.25, 0.3) is 10.6 Å². The molecule has 1 saturated carbocycles. The fourth-order valence-corrected chi connectivity index (χ4v) is 6.89. The van der Waals surface area contributed by atoms with Crippen molar-refractivity contribution in [1.29, 1.82) is 0 Å². The number of aromatic nitrogens is 2. The van der Waals surface area contributed by atoms with E-state index in [1.807, 2.05) is 6.07 Å². The lowest BCUT2D eigenvalue weighted by atomic mass is 10.0. The van der Waals surface area contributed by atoms with Crippen LogP contribution in [-0.4, -0.2) is 34.2 Å². The number of halogens is 3. The Bertz CT molecular complexity index is 1230. The van der Waals surface area contributed by atoms with Gasteiger partial charge in [-0.2, -0.15) is 13.2 Å². The Morgan fingerprint density at radius 3 is 2.71 bits per heavy atom. The molecule has 0 radical (unpaired) electrons. The van der Waals surface area contributed by atoms with Crippen LogP contribution >= 0.6 is 23.1 Å². The van der Waals surface area contributed by atoms with Gasteiger partial charge in [0.2, 0.25) is 5.95 Å². The SMILES string of the molecule is CN1Cc2cc(Nc3ncc(C(F)(F)F)c(-c4cc5c(s4)NCCCS5)n3)c(C3CC3)cc2C1. The van der Waals surface area contributed by atoms with Crippen molar-refractivity contribution < 1.29 is 13.2 Å². The molecule has 0 saturated heterocycles.